The third kappa shape index (κ3) is 3.29. The van der Waals surface area contributed by atoms with Crippen LogP contribution in [0.2, 0.25) is 0 Å². The fourth-order valence-corrected chi connectivity index (χ4v) is 2.21. The molecule has 1 aromatic rings. The number of carbonyl (C=O) groups excluding carboxylic acids is 3. The Bertz CT molecular complexity index is 580. The van der Waals surface area contributed by atoms with Crippen molar-refractivity contribution in [3.05, 3.63) is 35.4 Å². The van der Waals surface area contributed by atoms with Gasteiger partial charge in [-0.25, -0.2) is 8.78 Å². The minimum Gasteiger partial charge on any atom is -0.466 e. The molecule has 7 heteroatoms. The smallest absolute Gasteiger partial charge is 0.305 e. The van der Waals surface area contributed by atoms with Crippen molar-refractivity contribution >= 4 is 17.8 Å². The number of benzene rings is 1. The Kier molecular flexibility index (Phi) is 4.54. The van der Waals surface area contributed by atoms with E-state index in [0.29, 0.717) is 4.90 Å². The molecule has 1 heterocycles. The predicted molar refractivity (Wildman–Crippen MR) is 72.6 cm³/mol. The van der Waals surface area contributed by atoms with Crippen molar-refractivity contribution in [2.75, 3.05) is 13.2 Å². The molecular formula is C15H15F2NO4. The molecule has 0 saturated carbocycles. The Hall–Kier alpha value is -2.31. The molecule has 0 atom stereocenters. The maximum absolute atomic E-state index is 13.9. The predicted octanol–water partition coefficient (Wildman–Crippen LogP) is 2.26. The zero-order chi connectivity index (χ0) is 16.3. The van der Waals surface area contributed by atoms with Crippen molar-refractivity contribution in [2.45, 2.75) is 25.7 Å². The summed E-state index contributed by atoms with van der Waals surface area (Å²) in [5.41, 5.74) is 0.238. The first kappa shape index (κ1) is 16.1. The van der Waals surface area contributed by atoms with Crippen LogP contribution in [0.3, 0.4) is 0 Å². The van der Waals surface area contributed by atoms with Crippen LogP contribution in [0.1, 0.15) is 40.5 Å². The molecule has 0 N–H and O–H groups in total. The molecular weight excluding hydrogens is 296 g/mol. The largest absolute Gasteiger partial charge is 0.466 e. The van der Waals surface area contributed by atoms with Gasteiger partial charge >= 0.3 is 5.97 Å². The number of hydrogen-bond acceptors (Lipinski definition) is 4. The van der Waals surface area contributed by atoms with Crippen LogP contribution >= 0.6 is 0 Å². The topological polar surface area (TPSA) is 63.7 Å². The van der Waals surface area contributed by atoms with Gasteiger partial charge in [-0.3, -0.25) is 19.3 Å². The van der Waals surface area contributed by atoms with Crippen LogP contribution in [0.15, 0.2) is 24.3 Å². The van der Waals surface area contributed by atoms with Gasteiger partial charge in [0.1, 0.15) is 0 Å². The number of rotatable bonds is 6. The summed E-state index contributed by atoms with van der Waals surface area (Å²) in [6.45, 7) is 0.649. The summed E-state index contributed by atoms with van der Waals surface area (Å²) in [6, 6.07) is 5.97. The number of nitrogens with zero attached hydrogens (tertiary/aromatic N) is 1. The monoisotopic (exact) mass is 311 g/mol. The van der Waals surface area contributed by atoms with Crippen molar-refractivity contribution in [2.24, 2.45) is 0 Å². The van der Waals surface area contributed by atoms with E-state index in [1.807, 2.05) is 0 Å². The molecule has 0 saturated heterocycles. The van der Waals surface area contributed by atoms with Crippen LogP contribution in [0.25, 0.3) is 0 Å². The molecule has 2 amide bonds. The molecule has 2 rings (SSSR count). The molecule has 1 aliphatic heterocycles. The molecule has 0 aromatic heterocycles. The lowest BCUT2D eigenvalue weighted by Gasteiger charge is -2.21. The summed E-state index contributed by atoms with van der Waals surface area (Å²) >= 11 is 0. The molecule has 5 nitrogen and oxygen atoms in total. The molecule has 118 valence electrons. The number of esters is 1. The summed E-state index contributed by atoms with van der Waals surface area (Å²) in [6.07, 6.45) is -1.25. The first-order valence-electron chi connectivity index (χ1n) is 6.84. The fraction of sp³-hybridized carbons (Fsp3) is 0.400. The highest BCUT2D eigenvalue weighted by Gasteiger charge is 2.42. The third-order valence-corrected chi connectivity index (χ3v) is 3.27. The Morgan fingerprint density at radius 2 is 1.73 bits per heavy atom. The Morgan fingerprint density at radius 1 is 1.18 bits per heavy atom. The van der Waals surface area contributed by atoms with Gasteiger partial charge in [-0.15, -0.1) is 0 Å². The zero-order valence-corrected chi connectivity index (χ0v) is 12.0. The van der Waals surface area contributed by atoms with Crippen molar-refractivity contribution in [1.82, 2.24) is 4.90 Å². The van der Waals surface area contributed by atoms with Gasteiger partial charge in [0.2, 0.25) is 0 Å². The van der Waals surface area contributed by atoms with Gasteiger partial charge in [0, 0.05) is 6.42 Å². The molecule has 0 spiro atoms. The van der Waals surface area contributed by atoms with Gasteiger partial charge < -0.3 is 4.74 Å². The van der Waals surface area contributed by atoms with Crippen molar-refractivity contribution in [1.29, 1.82) is 0 Å². The number of ether oxygens (including phenoxy) is 1. The molecule has 22 heavy (non-hydrogen) atoms. The van der Waals surface area contributed by atoms with Crippen LogP contribution < -0.4 is 0 Å². The number of carbonyl (C=O) groups is 3. The normalized spacial score (nSPS) is 14.2. The summed E-state index contributed by atoms with van der Waals surface area (Å²) in [5, 5.41) is 0. The highest BCUT2D eigenvalue weighted by molar-refractivity contribution is 6.21. The molecule has 0 fully saturated rings. The molecule has 0 unspecified atom stereocenters. The summed E-state index contributed by atoms with van der Waals surface area (Å²) < 4.78 is 32.4. The third-order valence-electron chi connectivity index (χ3n) is 3.27. The lowest BCUT2D eigenvalue weighted by Crippen LogP contribution is -2.40. The fourth-order valence-electron chi connectivity index (χ4n) is 2.21. The number of halogens is 2. The Morgan fingerprint density at radius 3 is 2.23 bits per heavy atom. The molecule has 1 aliphatic rings. The average Bonchev–Trinajstić information content (AvgIpc) is 2.71. The lowest BCUT2D eigenvalue weighted by atomic mass is 10.1. The van der Waals surface area contributed by atoms with Crippen LogP contribution in [0.5, 0.6) is 0 Å². The highest BCUT2D eigenvalue weighted by Crippen LogP contribution is 2.28. The van der Waals surface area contributed by atoms with Gasteiger partial charge in [-0.05, 0) is 19.1 Å². The van der Waals surface area contributed by atoms with Crippen LogP contribution in [0, 0.1) is 0 Å². The number of imide groups is 1. The van der Waals surface area contributed by atoms with Crippen LogP contribution in [-0.4, -0.2) is 41.8 Å². The lowest BCUT2D eigenvalue weighted by molar-refractivity contribution is -0.145. The molecule has 0 bridgehead atoms. The van der Waals surface area contributed by atoms with Gasteiger partial charge in [-0.2, -0.15) is 0 Å². The van der Waals surface area contributed by atoms with E-state index in [1.165, 1.54) is 12.1 Å². The minimum absolute atomic E-state index is 0.114. The van der Waals surface area contributed by atoms with Crippen molar-refractivity contribution in [3.8, 4) is 0 Å². The van der Waals surface area contributed by atoms with Gasteiger partial charge in [-0.1, -0.05) is 12.1 Å². The molecule has 0 aliphatic carbocycles. The van der Waals surface area contributed by atoms with E-state index >= 15 is 0 Å². The summed E-state index contributed by atoms with van der Waals surface area (Å²) in [4.78, 5) is 35.7. The second-order valence-corrected chi connectivity index (χ2v) is 4.90. The van der Waals surface area contributed by atoms with E-state index in [0.717, 1.165) is 0 Å². The quantitative estimate of drug-likeness (QED) is 0.597. The summed E-state index contributed by atoms with van der Waals surface area (Å²) in [5.74, 6) is -5.56. The van der Waals surface area contributed by atoms with E-state index in [1.54, 1.807) is 19.1 Å². The maximum Gasteiger partial charge on any atom is 0.305 e. The van der Waals surface area contributed by atoms with Gasteiger partial charge in [0.15, 0.2) is 0 Å². The summed E-state index contributed by atoms with van der Waals surface area (Å²) in [7, 11) is 0. The van der Waals surface area contributed by atoms with E-state index in [2.05, 4.69) is 4.74 Å². The maximum atomic E-state index is 13.9. The Labute approximate surface area is 125 Å². The van der Waals surface area contributed by atoms with Gasteiger partial charge in [0.25, 0.3) is 17.7 Å². The highest BCUT2D eigenvalue weighted by atomic mass is 19.3. The van der Waals surface area contributed by atoms with E-state index in [4.69, 9.17) is 0 Å². The SMILES string of the molecule is CCOC(=O)CCC(F)(F)CN1C(=O)c2ccccc2C1=O. The van der Waals surface area contributed by atoms with E-state index in [9.17, 15) is 23.2 Å². The zero-order valence-electron chi connectivity index (χ0n) is 12.0. The number of hydrogen-bond donors (Lipinski definition) is 0. The second kappa shape index (κ2) is 6.21. The molecule has 1 aromatic carbocycles. The molecule has 0 radical (unpaired) electrons. The van der Waals surface area contributed by atoms with Crippen molar-refractivity contribution < 1.29 is 27.9 Å². The minimum atomic E-state index is -3.35. The van der Waals surface area contributed by atoms with Crippen LogP contribution in [0.4, 0.5) is 8.78 Å². The average molecular weight is 311 g/mol. The standard InChI is InChI=1S/C15H15F2NO4/c1-2-22-12(19)7-8-15(16,17)9-18-13(20)10-5-3-4-6-11(10)14(18)21/h3-6H,2,7-9H2,1H3. The van der Waals surface area contributed by atoms with Crippen LogP contribution in [-0.2, 0) is 9.53 Å². The second-order valence-electron chi connectivity index (χ2n) is 4.90. The van der Waals surface area contributed by atoms with E-state index < -0.39 is 43.1 Å². The number of amides is 2. The van der Waals surface area contributed by atoms with Crippen molar-refractivity contribution in [3.63, 3.8) is 0 Å². The Balaban J connectivity index is 2.03. The number of alkyl halides is 2. The first-order valence-corrected chi connectivity index (χ1v) is 6.84. The number of fused-ring (bicyclic) bond motifs is 1. The van der Waals surface area contributed by atoms with E-state index in [-0.39, 0.29) is 17.7 Å². The first-order chi connectivity index (χ1) is 10.4. The van der Waals surface area contributed by atoms with Gasteiger partial charge in [0.05, 0.1) is 30.7 Å².